The van der Waals surface area contributed by atoms with Gasteiger partial charge in [-0.2, -0.15) is 5.10 Å². The molecule has 1 heterocycles. The number of nitrogens with two attached hydrogens (primary N) is 1. The summed E-state index contributed by atoms with van der Waals surface area (Å²) in [6.45, 7) is 8.72. The number of rotatable bonds is 7. The molecule has 0 saturated heterocycles. The molecule has 18 heavy (non-hydrogen) atoms. The average Bonchev–Trinajstić information content (AvgIpc) is 2.84. The lowest BCUT2D eigenvalue weighted by Crippen LogP contribution is -2.39. The number of aromatic nitrogens is 2. The minimum absolute atomic E-state index is 0.139. The average molecular weight is 252 g/mol. The van der Waals surface area contributed by atoms with Gasteiger partial charge in [-0.3, -0.25) is 9.48 Å². The third kappa shape index (κ3) is 3.57. The standard InChI is InChI=1S/C13H24N4O/c1-4-16(5-2)13(18)12(8-14)7-11-9-15-17(6-3)10-11/h9-10,12H,4-8,14H2,1-3H3. The molecule has 0 fully saturated rings. The van der Waals surface area contributed by atoms with Gasteiger partial charge in [-0.1, -0.05) is 0 Å². The van der Waals surface area contributed by atoms with Crippen molar-refractivity contribution in [1.82, 2.24) is 14.7 Å². The van der Waals surface area contributed by atoms with E-state index in [2.05, 4.69) is 5.10 Å². The fourth-order valence-electron chi connectivity index (χ4n) is 2.03. The zero-order chi connectivity index (χ0) is 13.5. The van der Waals surface area contributed by atoms with Crippen LogP contribution in [0.25, 0.3) is 0 Å². The first-order chi connectivity index (χ1) is 8.65. The summed E-state index contributed by atoms with van der Waals surface area (Å²) in [6, 6.07) is 0. The molecule has 0 saturated carbocycles. The molecule has 102 valence electrons. The number of hydrogen-bond acceptors (Lipinski definition) is 3. The van der Waals surface area contributed by atoms with Crippen LogP contribution in [0.4, 0.5) is 0 Å². The first-order valence-corrected chi connectivity index (χ1v) is 6.66. The predicted octanol–water partition coefficient (Wildman–Crippen LogP) is 0.889. The van der Waals surface area contributed by atoms with Crippen LogP contribution >= 0.6 is 0 Å². The maximum atomic E-state index is 12.2. The largest absolute Gasteiger partial charge is 0.343 e. The Labute approximate surface area is 109 Å². The van der Waals surface area contributed by atoms with Crippen LogP contribution in [0.5, 0.6) is 0 Å². The van der Waals surface area contributed by atoms with Crippen LogP contribution in [0, 0.1) is 5.92 Å². The molecule has 0 aliphatic heterocycles. The molecule has 1 aromatic heterocycles. The molecule has 1 atom stereocenters. The van der Waals surface area contributed by atoms with E-state index in [-0.39, 0.29) is 11.8 Å². The zero-order valence-electron chi connectivity index (χ0n) is 11.6. The van der Waals surface area contributed by atoms with Gasteiger partial charge in [0, 0.05) is 32.4 Å². The number of carbonyl (C=O) groups is 1. The van der Waals surface area contributed by atoms with Crippen molar-refractivity contribution in [2.24, 2.45) is 11.7 Å². The monoisotopic (exact) mass is 252 g/mol. The number of amides is 1. The fourth-order valence-corrected chi connectivity index (χ4v) is 2.03. The lowest BCUT2D eigenvalue weighted by Gasteiger charge is -2.24. The van der Waals surface area contributed by atoms with Crippen LogP contribution in [0.3, 0.4) is 0 Å². The van der Waals surface area contributed by atoms with Gasteiger partial charge in [0.15, 0.2) is 0 Å². The van der Waals surface area contributed by atoms with Gasteiger partial charge in [0.1, 0.15) is 0 Å². The second-order valence-electron chi connectivity index (χ2n) is 4.35. The lowest BCUT2D eigenvalue weighted by atomic mass is 10.00. The van der Waals surface area contributed by atoms with E-state index in [1.54, 1.807) is 0 Å². The molecule has 0 bridgehead atoms. The molecule has 5 heteroatoms. The van der Waals surface area contributed by atoms with Gasteiger partial charge in [-0.15, -0.1) is 0 Å². The van der Waals surface area contributed by atoms with Gasteiger partial charge in [-0.25, -0.2) is 0 Å². The summed E-state index contributed by atoms with van der Waals surface area (Å²) in [4.78, 5) is 14.1. The molecule has 0 aromatic carbocycles. The first-order valence-electron chi connectivity index (χ1n) is 6.66. The van der Waals surface area contributed by atoms with E-state index in [1.807, 2.05) is 42.7 Å². The summed E-state index contributed by atoms with van der Waals surface area (Å²) < 4.78 is 1.87. The topological polar surface area (TPSA) is 64.2 Å². The van der Waals surface area contributed by atoms with Crippen LogP contribution in [0.2, 0.25) is 0 Å². The highest BCUT2D eigenvalue weighted by Crippen LogP contribution is 2.10. The Morgan fingerprint density at radius 3 is 2.56 bits per heavy atom. The lowest BCUT2D eigenvalue weighted by molar-refractivity contribution is -0.134. The van der Waals surface area contributed by atoms with Crippen LogP contribution in [0.15, 0.2) is 12.4 Å². The van der Waals surface area contributed by atoms with Crippen LogP contribution < -0.4 is 5.73 Å². The van der Waals surface area contributed by atoms with Gasteiger partial charge in [-0.05, 0) is 32.8 Å². The third-order valence-corrected chi connectivity index (χ3v) is 3.20. The Bertz CT molecular complexity index is 371. The van der Waals surface area contributed by atoms with Crippen molar-refractivity contribution in [3.8, 4) is 0 Å². The van der Waals surface area contributed by atoms with Crippen molar-refractivity contribution in [2.75, 3.05) is 19.6 Å². The molecule has 5 nitrogen and oxygen atoms in total. The minimum atomic E-state index is -0.139. The molecule has 1 amide bonds. The van der Waals surface area contributed by atoms with Crippen LogP contribution in [0.1, 0.15) is 26.3 Å². The molecule has 0 radical (unpaired) electrons. The molecular formula is C13H24N4O. The summed E-state index contributed by atoms with van der Waals surface area (Å²) in [6.07, 6.45) is 4.48. The third-order valence-electron chi connectivity index (χ3n) is 3.20. The summed E-state index contributed by atoms with van der Waals surface area (Å²) >= 11 is 0. The van der Waals surface area contributed by atoms with E-state index in [0.717, 1.165) is 25.2 Å². The van der Waals surface area contributed by atoms with Gasteiger partial charge < -0.3 is 10.6 Å². The first kappa shape index (κ1) is 14.7. The van der Waals surface area contributed by atoms with Crippen molar-refractivity contribution in [1.29, 1.82) is 0 Å². The van der Waals surface area contributed by atoms with E-state index in [1.165, 1.54) is 0 Å². The molecule has 2 N–H and O–H groups in total. The van der Waals surface area contributed by atoms with E-state index < -0.39 is 0 Å². The summed E-state index contributed by atoms with van der Waals surface area (Å²) in [5.74, 6) is 0.00570. The Morgan fingerprint density at radius 1 is 1.44 bits per heavy atom. The van der Waals surface area contributed by atoms with Crippen molar-refractivity contribution >= 4 is 5.91 Å². The Balaban J connectivity index is 2.69. The Morgan fingerprint density at radius 2 is 2.11 bits per heavy atom. The molecule has 1 rings (SSSR count). The second kappa shape index (κ2) is 7.16. The number of aryl methyl sites for hydroxylation is 1. The van der Waals surface area contributed by atoms with Crippen molar-refractivity contribution < 1.29 is 4.79 Å². The molecular weight excluding hydrogens is 228 g/mol. The summed E-state index contributed by atoms with van der Waals surface area (Å²) in [7, 11) is 0. The smallest absolute Gasteiger partial charge is 0.227 e. The fraction of sp³-hybridized carbons (Fsp3) is 0.692. The van der Waals surface area contributed by atoms with Gasteiger partial charge in [0.05, 0.1) is 12.1 Å². The SMILES string of the molecule is CCN(CC)C(=O)C(CN)Cc1cnn(CC)c1. The zero-order valence-corrected chi connectivity index (χ0v) is 11.6. The second-order valence-corrected chi connectivity index (χ2v) is 4.35. The predicted molar refractivity (Wildman–Crippen MR) is 72.1 cm³/mol. The number of hydrogen-bond donors (Lipinski definition) is 1. The number of nitrogens with zero attached hydrogens (tertiary/aromatic N) is 3. The quantitative estimate of drug-likeness (QED) is 0.784. The van der Waals surface area contributed by atoms with E-state index in [4.69, 9.17) is 5.73 Å². The van der Waals surface area contributed by atoms with Crippen molar-refractivity contribution in [3.05, 3.63) is 18.0 Å². The van der Waals surface area contributed by atoms with Crippen molar-refractivity contribution in [2.45, 2.75) is 33.7 Å². The molecule has 0 spiro atoms. The molecule has 0 aliphatic carbocycles. The Kier molecular flexibility index (Phi) is 5.85. The van der Waals surface area contributed by atoms with Crippen molar-refractivity contribution in [3.63, 3.8) is 0 Å². The highest BCUT2D eigenvalue weighted by Gasteiger charge is 2.22. The van der Waals surface area contributed by atoms with Crippen LogP contribution in [-0.4, -0.2) is 40.2 Å². The van der Waals surface area contributed by atoms with E-state index in [0.29, 0.717) is 13.0 Å². The number of carbonyl (C=O) groups excluding carboxylic acids is 1. The minimum Gasteiger partial charge on any atom is -0.343 e. The van der Waals surface area contributed by atoms with Crippen LogP contribution in [-0.2, 0) is 17.8 Å². The Hall–Kier alpha value is -1.36. The summed E-state index contributed by atoms with van der Waals surface area (Å²) in [5.41, 5.74) is 6.81. The highest BCUT2D eigenvalue weighted by atomic mass is 16.2. The molecule has 1 aromatic rings. The summed E-state index contributed by atoms with van der Waals surface area (Å²) in [5, 5.41) is 4.22. The maximum Gasteiger partial charge on any atom is 0.227 e. The van der Waals surface area contributed by atoms with Gasteiger partial charge >= 0.3 is 0 Å². The maximum absolute atomic E-state index is 12.2. The normalized spacial score (nSPS) is 12.4. The molecule has 0 aliphatic rings. The molecule has 1 unspecified atom stereocenters. The van der Waals surface area contributed by atoms with E-state index in [9.17, 15) is 4.79 Å². The van der Waals surface area contributed by atoms with Gasteiger partial charge in [0.25, 0.3) is 0 Å². The van der Waals surface area contributed by atoms with Gasteiger partial charge in [0.2, 0.25) is 5.91 Å². The highest BCUT2D eigenvalue weighted by molar-refractivity contribution is 5.79. The van der Waals surface area contributed by atoms with E-state index >= 15 is 0 Å².